The first kappa shape index (κ1) is 9.85. The number of benzene rings is 2. The fraction of sp³-hybridized carbons (Fsp3) is 0. The molecule has 3 heteroatoms. The highest BCUT2D eigenvalue weighted by atomic mass is 32.1. The van der Waals surface area contributed by atoms with Gasteiger partial charge in [0.15, 0.2) is 0 Å². The highest BCUT2D eigenvalue weighted by Gasteiger charge is 2.11. The van der Waals surface area contributed by atoms with Crippen LogP contribution in [-0.4, -0.2) is 9.61 Å². The van der Waals surface area contributed by atoms with Crippen LogP contribution in [0.3, 0.4) is 0 Å². The molecule has 0 aliphatic heterocycles. The first-order valence-electron chi connectivity index (χ1n) is 5.84. The Morgan fingerprint density at radius 3 is 2.56 bits per heavy atom. The summed E-state index contributed by atoms with van der Waals surface area (Å²) < 4.78 is 3.31. The number of hydrogen-bond donors (Lipinski definition) is 0. The van der Waals surface area contributed by atoms with Gasteiger partial charge in [-0.2, -0.15) is 5.10 Å². The number of aromatic nitrogens is 2. The molecule has 0 bridgehead atoms. The van der Waals surface area contributed by atoms with Gasteiger partial charge in [-0.25, -0.2) is 4.52 Å². The zero-order valence-electron chi connectivity index (χ0n) is 9.58. The summed E-state index contributed by atoms with van der Waals surface area (Å²) in [5.74, 6) is 0. The van der Waals surface area contributed by atoms with E-state index in [0.717, 1.165) is 0 Å². The summed E-state index contributed by atoms with van der Waals surface area (Å²) in [4.78, 5) is 1.21. The highest BCUT2D eigenvalue weighted by molar-refractivity contribution is 7.24. The first-order chi connectivity index (χ1) is 8.93. The molecular weight excluding hydrogens is 240 g/mol. The maximum absolute atomic E-state index is 4.51. The molecule has 0 aliphatic carbocycles. The topological polar surface area (TPSA) is 17.3 Å². The van der Waals surface area contributed by atoms with E-state index in [0.29, 0.717) is 0 Å². The molecule has 0 atom stereocenters. The molecule has 18 heavy (non-hydrogen) atoms. The van der Waals surface area contributed by atoms with Gasteiger partial charge in [-0.15, -0.1) is 11.3 Å². The van der Waals surface area contributed by atoms with E-state index in [4.69, 9.17) is 0 Å². The normalized spacial score (nSPS) is 11.3. The van der Waals surface area contributed by atoms with E-state index in [1.807, 2.05) is 16.8 Å². The number of hydrogen-bond acceptors (Lipinski definition) is 2. The minimum Gasteiger partial charge on any atom is -0.221 e. The van der Waals surface area contributed by atoms with Crippen LogP contribution in [0.25, 0.3) is 26.2 Å². The van der Waals surface area contributed by atoms with Crippen LogP contribution in [0, 0.1) is 0 Å². The van der Waals surface area contributed by atoms with Crippen molar-refractivity contribution in [1.82, 2.24) is 9.61 Å². The van der Waals surface area contributed by atoms with Crippen molar-refractivity contribution in [3.05, 3.63) is 60.8 Å². The molecule has 4 aromatic rings. The van der Waals surface area contributed by atoms with Crippen LogP contribution in [0.4, 0.5) is 0 Å². The molecule has 0 saturated carbocycles. The molecular formula is C15H10N2S. The van der Waals surface area contributed by atoms with E-state index in [-0.39, 0.29) is 0 Å². The maximum Gasteiger partial charge on any atom is 0.128 e. The summed E-state index contributed by atoms with van der Waals surface area (Å²) in [7, 11) is 0. The standard InChI is InChI=1S/C15H10N2S/c1-2-6-11(7-3-1)12-10-16-17-13-8-4-5-9-14(13)18-15(12)17/h1-10H. The number of nitrogens with zero attached hydrogens (tertiary/aromatic N) is 2. The second-order valence-corrected chi connectivity index (χ2v) is 5.24. The molecule has 0 N–H and O–H groups in total. The second kappa shape index (κ2) is 3.68. The molecule has 0 saturated heterocycles. The molecule has 0 unspecified atom stereocenters. The van der Waals surface area contributed by atoms with Crippen molar-refractivity contribution in [2.45, 2.75) is 0 Å². The summed E-state index contributed by atoms with van der Waals surface area (Å²) in [6.07, 6.45) is 1.95. The molecule has 86 valence electrons. The molecule has 2 aromatic heterocycles. The molecule has 2 heterocycles. The molecule has 2 nitrogen and oxygen atoms in total. The lowest BCUT2D eigenvalue weighted by molar-refractivity contribution is 1.02. The molecule has 4 rings (SSSR count). The Labute approximate surface area is 108 Å². The Morgan fingerprint density at radius 1 is 0.889 bits per heavy atom. The minimum absolute atomic E-state index is 1.18. The molecule has 0 spiro atoms. The van der Waals surface area contributed by atoms with Crippen LogP contribution >= 0.6 is 11.3 Å². The van der Waals surface area contributed by atoms with E-state index < -0.39 is 0 Å². The highest BCUT2D eigenvalue weighted by Crippen LogP contribution is 2.33. The summed E-state index contributed by atoms with van der Waals surface area (Å²) in [5, 5.41) is 4.51. The molecule has 0 fully saturated rings. The van der Waals surface area contributed by atoms with Crippen molar-refractivity contribution in [3.63, 3.8) is 0 Å². The van der Waals surface area contributed by atoms with Crippen molar-refractivity contribution in [2.24, 2.45) is 0 Å². The van der Waals surface area contributed by atoms with Gasteiger partial charge >= 0.3 is 0 Å². The van der Waals surface area contributed by atoms with Crippen LogP contribution in [0.5, 0.6) is 0 Å². The van der Waals surface area contributed by atoms with E-state index in [1.165, 1.54) is 26.2 Å². The lowest BCUT2D eigenvalue weighted by Gasteiger charge is -1.94. The Balaban J connectivity index is 2.08. The average molecular weight is 250 g/mol. The smallest absolute Gasteiger partial charge is 0.128 e. The predicted octanol–water partition coefficient (Wildman–Crippen LogP) is 4.22. The van der Waals surface area contributed by atoms with E-state index in [9.17, 15) is 0 Å². The molecule has 0 amide bonds. The van der Waals surface area contributed by atoms with Gasteiger partial charge in [0.2, 0.25) is 0 Å². The Bertz CT molecular complexity index is 827. The van der Waals surface area contributed by atoms with Crippen LogP contribution in [-0.2, 0) is 0 Å². The van der Waals surface area contributed by atoms with Crippen LogP contribution < -0.4 is 0 Å². The second-order valence-electron chi connectivity index (χ2n) is 4.21. The number of para-hydroxylation sites is 1. The zero-order chi connectivity index (χ0) is 11.9. The van der Waals surface area contributed by atoms with E-state index >= 15 is 0 Å². The summed E-state index contributed by atoms with van der Waals surface area (Å²) in [6, 6.07) is 18.8. The fourth-order valence-corrected chi connectivity index (χ4v) is 3.37. The first-order valence-corrected chi connectivity index (χ1v) is 6.66. The van der Waals surface area contributed by atoms with Gasteiger partial charge < -0.3 is 0 Å². The third-order valence-corrected chi connectivity index (χ3v) is 4.26. The van der Waals surface area contributed by atoms with Crippen molar-refractivity contribution < 1.29 is 0 Å². The Morgan fingerprint density at radius 2 is 1.67 bits per heavy atom. The van der Waals surface area contributed by atoms with Crippen molar-refractivity contribution in [3.8, 4) is 11.1 Å². The number of rotatable bonds is 1. The fourth-order valence-electron chi connectivity index (χ4n) is 2.25. The summed E-state index contributed by atoms with van der Waals surface area (Å²) >= 11 is 1.79. The zero-order valence-corrected chi connectivity index (χ0v) is 10.4. The van der Waals surface area contributed by atoms with Gasteiger partial charge in [-0.3, -0.25) is 0 Å². The third-order valence-electron chi connectivity index (χ3n) is 3.11. The van der Waals surface area contributed by atoms with Crippen molar-refractivity contribution >= 4 is 26.4 Å². The Kier molecular flexibility index (Phi) is 2.02. The molecule has 0 radical (unpaired) electrons. The third kappa shape index (κ3) is 1.31. The summed E-state index contributed by atoms with van der Waals surface area (Å²) in [6.45, 7) is 0. The van der Waals surface area contributed by atoms with Crippen molar-refractivity contribution in [1.29, 1.82) is 0 Å². The number of thiazole rings is 1. The SMILES string of the molecule is c1ccc(-c2cnn3c2sc2ccccc23)cc1. The average Bonchev–Trinajstić information content (AvgIpc) is 2.98. The molecule has 2 aromatic carbocycles. The van der Waals surface area contributed by atoms with Crippen LogP contribution in [0.1, 0.15) is 0 Å². The van der Waals surface area contributed by atoms with Gasteiger partial charge in [0.25, 0.3) is 0 Å². The monoisotopic (exact) mass is 250 g/mol. The lowest BCUT2D eigenvalue weighted by atomic mass is 10.1. The minimum atomic E-state index is 1.18. The van der Waals surface area contributed by atoms with Gasteiger partial charge in [0, 0.05) is 5.56 Å². The van der Waals surface area contributed by atoms with Crippen molar-refractivity contribution in [2.75, 3.05) is 0 Å². The number of fused-ring (bicyclic) bond motifs is 3. The van der Waals surface area contributed by atoms with Crippen LogP contribution in [0.15, 0.2) is 60.8 Å². The van der Waals surface area contributed by atoms with Gasteiger partial charge in [-0.05, 0) is 17.7 Å². The maximum atomic E-state index is 4.51. The quantitative estimate of drug-likeness (QED) is 0.494. The lowest BCUT2D eigenvalue weighted by Crippen LogP contribution is -1.80. The van der Waals surface area contributed by atoms with E-state index in [2.05, 4.69) is 53.6 Å². The van der Waals surface area contributed by atoms with Gasteiger partial charge in [0.1, 0.15) is 4.83 Å². The van der Waals surface area contributed by atoms with E-state index in [1.54, 1.807) is 11.3 Å². The predicted molar refractivity (Wildman–Crippen MR) is 76.0 cm³/mol. The Hall–Kier alpha value is -2.13. The largest absolute Gasteiger partial charge is 0.221 e. The van der Waals surface area contributed by atoms with Crippen LogP contribution in [0.2, 0.25) is 0 Å². The molecule has 0 aliphatic rings. The summed E-state index contributed by atoms with van der Waals surface area (Å²) in [5.41, 5.74) is 3.61. The van der Waals surface area contributed by atoms with Gasteiger partial charge in [-0.1, -0.05) is 42.5 Å². The van der Waals surface area contributed by atoms with Gasteiger partial charge in [0.05, 0.1) is 16.4 Å².